The van der Waals surface area contributed by atoms with Gasteiger partial charge in [-0.25, -0.2) is 0 Å². The van der Waals surface area contributed by atoms with Crippen LogP contribution in [0.5, 0.6) is 0 Å². The second kappa shape index (κ2) is 5.32. The lowest BCUT2D eigenvalue weighted by Crippen LogP contribution is -1.86. The highest BCUT2D eigenvalue weighted by Gasteiger charge is 2.09. The third kappa shape index (κ3) is 2.51. The Morgan fingerprint density at radius 1 is 0.789 bits per heavy atom. The van der Waals surface area contributed by atoms with Gasteiger partial charge in [0.25, 0.3) is 0 Å². The molecule has 2 heteroatoms. The molecule has 0 aliphatic rings. The van der Waals surface area contributed by atoms with Crippen LogP contribution in [0.4, 0.5) is 0 Å². The third-order valence-electron chi connectivity index (χ3n) is 3.26. The molecular formula is C17H13BrS. The Morgan fingerprint density at radius 3 is 2.21 bits per heavy atom. The quantitative estimate of drug-likeness (QED) is 0.529. The van der Waals surface area contributed by atoms with Gasteiger partial charge in [-0.3, -0.25) is 0 Å². The molecule has 0 spiro atoms. The van der Waals surface area contributed by atoms with Crippen molar-refractivity contribution in [2.24, 2.45) is 0 Å². The predicted octanol–water partition coefficient (Wildman–Crippen LogP) is 6.15. The Kier molecular flexibility index (Phi) is 3.54. The minimum Gasteiger partial charge on any atom is -0.128 e. The molecule has 0 aliphatic heterocycles. The number of thiophene rings is 1. The van der Waals surface area contributed by atoms with E-state index in [1.807, 2.05) is 0 Å². The fourth-order valence-corrected chi connectivity index (χ4v) is 3.76. The van der Waals surface area contributed by atoms with E-state index in [2.05, 4.69) is 83.5 Å². The Balaban J connectivity index is 2.14. The van der Waals surface area contributed by atoms with Gasteiger partial charge in [0.1, 0.15) is 0 Å². The van der Waals surface area contributed by atoms with E-state index in [1.165, 1.54) is 30.9 Å². The van der Waals surface area contributed by atoms with Gasteiger partial charge in [-0.05, 0) is 57.2 Å². The van der Waals surface area contributed by atoms with E-state index in [-0.39, 0.29) is 0 Å². The predicted molar refractivity (Wildman–Crippen MR) is 87.6 cm³/mol. The van der Waals surface area contributed by atoms with E-state index in [0.29, 0.717) is 0 Å². The maximum absolute atomic E-state index is 3.54. The molecule has 3 aromatic rings. The molecule has 0 fully saturated rings. The zero-order valence-corrected chi connectivity index (χ0v) is 13.0. The van der Waals surface area contributed by atoms with Crippen LogP contribution in [0, 0.1) is 6.92 Å². The largest absolute Gasteiger partial charge is 0.128 e. The van der Waals surface area contributed by atoms with Crippen molar-refractivity contribution < 1.29 is 0 Å². The van der Waals surface area contributed by atoms with Crippen LogP contribution in [0.1, 0.15) is 5.56 Å². The van der Waals surface area contributed by atoms with E-state index in [0.717, 1.165) is 0 Å². The van der Waals surface area contributed by atoms with Crippen LogP contribution in [-0.4, -0.2) is 0 Å². The van der Waals surface area contributed by atoms with Gasteiger partial charge in [-0.15, -0.1) is 11.3 Å². The molecule has 19 heavy (non-hydrogen) atoms. The molecule has 0 aliphatic carbocycles. The minimum atomic E-state index is 1.17. The fourth-order valence-electron chi connectivity index (χ4n) is 2.29. The van der Waals surface area contributed by atoms with Crippen LogP contribution in [0.3, 0.4) is 0 Å². The van der Waals surface area contributed by atoms with Crippen molar-refractivity contribution in [3.8, 4) is 21.6 Å². The first-order valence-electron chi connectivity index (χ1n) is 6.16. The Morgan fingerprint density at radius 2 is 1.53 bits per heavy atom. The molecule has 94 valence electrons. The summed E-state index contributed by atoms with van der Waals surface area (Å²) in [7, 11) is 0. The van der Waals surface area contributed by atoms with Crippen molar-refractivity contribution in [3.05, 3.63) is 70.0 Å². The van der Waals surface area contributed by atoms with Crippen molar-refractivity contribution in [2.45, 2.75) is 6.92 Å². The minimum absolute atomic E-state index is 1.17. The molecule has 1 heterocycles. The lowest BCUT2D eigenvalue weighted by Gasteiger charge is -2.10. The SMILES string of the molecule is Cc1c(-c2ccccc2)cccc1-c1ccc(Br)s1. The van der Waals surface area contributed by atoms with Gasteiger partial charge in [-0.2, -0.15) is 0 Å². The molecule has 2 aromatic carbocycles. The summed E-state index contributed by atoms with van der Waals surface area (Å²) in [6.07, 6.45) is 0. The topological polar surface area (TPSA) is 0 Å². The molecule has 3 rings (SSSR count). The van der Waals surface area contributed by atoms with Crippen LogP contribution >= 0.6 is 27.3 Å². The smallest absolute Gasteiger partial charge is 0.0705 e. The fraction of sp³-hybridized carbons (Fsp3) is 0.0588. The highest BCUT2D eigenvalue weighted by molar-refractivity contribution is 9.11. The molecule has 0 N–H and O–H groups in total. The summed E-state index contributed by atoms with van der Waals surface area (Å²) in [5.41, 5.74) is 5.24. The molecule has 0 saturated heterocycles. The van der Waals surface area contributed by atoms with Gasteiger partial charge >= 0.3 is 0 Å². The van der Waals surface area contributed by atoms with Crippen molar-refractivity contribution in [3.63, 3.8) is 0 Å². The van der Waals surface area contributed by atoms with Crippen molar-refractivity contribution in [1.82, 2.24) is 0 Å². The Hall–Kier alpha value is -1.38. The van der Waals surface area contributed by atoms with Gasteiger partial charge in [0.2, 0.25) is 0 Å². The number of hydrogen-bond donors (Lipinski definition) is 0. The molecule has 0 unspecified atom stereocenters. The molecule has 0 atom stereocenters. The zero-order chi connectivity index (χ0) is 13.2. The van der Waals surface area contributed by atoms with Crippen LogP contribution in [0.15, 0.2) is 64.5 Å². The molecular weight excluding hydrogens is 316 g/mol. The molecule has 0 amide bonds. The van der Waals surface area contributed by atoms with Crippen LogP contribution in [-0.2, 0) is 0 Å². The first-order valence-corrected chi connectivity index (χ1v) is 7.77. The van der Waals surface area contributed by atoms with Gasteiger partial charge in [0.05, 0.1) is 3.79 Å². The van der Waals surface area contributed by atoms with Crippen molar-refractivity contribution >= 4 is 27.3 Å². The number of hydrogen-bond acceptors (Lipinski definition) is 1. The van der Waals surface area contributed by atoms with Crippen molar-refractivity contribution in [2.75, 3.05) is 0 Å². The summed E-state index contributed by atoms with van der Waals surface area (Å²) >= 11 is 5.31. The van der Waals surface area contributed by atoms with E-state index < -0.39 is 0 Å². The molecule has 0 nitrogen and oxygen atoms in total. The van der Waals surface area contributed by atoms with Gasteiger partial charge in [-0.1, -0.05) is 48.5 Å². The average Bonchev–Trinajstić information content (AvgIpc) is 2.86. The Bertz CT molecular complexity index is 698. The monoisotopic (exact) mass is 328 g/mol. The second-order valence-corrected chi connectivity index (χ2v) is 6.91. The summed E-state index contributed by atoms with van der Waals surface area (Å²) in [5.74, 6) is 0. The maximum Gasteiger partial charge on any atom is 0.0705 e. The molecule has 0 saturated carbocycles. The molecule has 0 bridgehead atoms. The highest BCUT2D eigenvalue weighted by atomic mass is 79.9. The zero-order valence-electron chi connectivity index (χ0n) is 10.6. The lowest BCUT2D eigenvalue weighted by molar-refractivity contribution is 1.46. The normalized spacial score (nSPS) is 10.6. The summed E-state index contributed by atoms with van der Waals surface area (Å²) in [4.78, 5) is 1.31. The Labute approximate surface area is 125 Å². The van der Waals surface area contributed by atoms with Crippen LogP contribution in [0.25, 0.3) is 21.6 Å². The lowest BCUT2D eigenvalue weighted by atomic mass is 9.96. The maximum atomic E-state index is 3.54. The average molecular weight is 329 g/mol. The summed E-state index contributed by atoms with van der Waals surface area (Å²) < 4.78 is 1.17. The number of halogens is 1. The third-order valence-corrected chi connectivity index (χ3v) is 4.91. The summed E-state index contributed by atoms with van der Waals surface area (Å²) in [6, 6.07) is 21.4. The standard InChI is InChI=1S/C17H13BrS/c1-12-14(13-6-3-2-4-7-13)8-5-9-15(12)16-10-11-17(18)19-16/h2-11H,1H3. The van der Waals surface area contributed by atoms with Gasteiger partial charge < -0.3 is 0 Å². The van der Waals surface area contributed by atoms with Crippen LogP contribution < -0.4 is 0 Å². The van der Waals surface area contributed by atoms with Gasteiger partial charge in [0, 0.05) is 4.88 Å². The summed E-state index contributed by atoms with van der Waals surface area (Å²) in [6.45, 7) is 2.20. The van der Waals surface area contributed by atoms with E-state index >= 15 is 0 Å². The second-order valence-electron chi connectivity index (χ2n) is 4.45. The van der Waals surface area contributed by atoms with Crippen molar-refractivity contribution in [1.29, 1.82) is 0 Å². The first kappa shape index (κ1) is 12.6. The molecule has 1 aromatic heterocycles. The van der Waals surface area contributed by atoms with E-state index in [4.69, 9.17) is 0 Å². The van der Waals surface area contributed by atoms with E-state index in [9.17, 15) is 0 Å². The van der Waals surface area contributed by atoms with E-state index in [1.54, 1.807) is 11.3 Å². The van der Waals surface area contributed by atoms with Gasteiger partial charge in [0.15, 0.2) is 0 Å². The van der Waals surface area contributed by atoms with Crippen LogP contribution in [0.2, 0.25) is 0 Å². The number of rotatable bonds is 2. The summed E-state index contributed by atoms with van der Waals surface area (Å²) in [5, 5.41) is 0. The molecule has 0 radical (unpaired) electrons. The highest BCUT2D eigenvalue weighted by Crippen LogP contribution is 2.36. The first-order chi connectivity index (χ1) is 9.25. The number of benzene rings is 2.